The van der Waals surface area contributed by atoms with Gasteiger partial charge in [0.1, 0.15) is 5.82 Å². The Morgan fingerprint density at radius 2 is 1.94 bits per heavy atom. The first-order valence-corrected chi connectivity index (χ1v) is 6.53. The van der Waals surface area contributed by atoms with Crippen molar-refractivity contribution in [1.82, 2.24) is 9.55 Å². The minimum absolute atomic E-state index is 0.625. The second-order valence-corrected chi connectivity index (χ2v) is 5.03. The molecule has 1 aromatic heterocycles. The fourth-order valence-electron chi connectivity index (χ4n) is 2.35. The smallest absolute Gasteiger partial charge is 0.150 e. The predicted molar refractivity (Wildman–Crippen MR) is 70.6 cm³/mol. The molecule has 0 fully saturated rings. The molecule has 0 unspecified atom stereocenters. The van der Waals surface area contributed by atoms with Crippen molar-refractivity contribution < 1.29 is 0 Å². The number of fused-ring (bicyclic) bond motifs is 1. The van der Waals surface area contributed by atoms with Crippen molar-refractivity contribution in [2.45, 2.75) is 25.8 Å². The molecule has 0 bridgehead atoms. The van der Waals surface area contributed by atoms with E-state index in [4.69, 9.17) is 23.2 Å². The van der Waals surface area contributed by atoms with Crippen molar-refractivity contribution in [3.8, 4) is 11.4 Å². The molecule has 0 atom stereocenters. The van der Waals surface area contributed by atoms with E-state index in [1.165, 1.54) is 12.8 Å². The van der Waals surface area contributed by atoms with E-state index in [0.717, 1.165) is 35.1 Å². The van der Waals surface area contributed by atoms with Gasteiger partial charge in [-0.25, -0.2) is 4.98 Å². The first-order valence-electron chi connectivity index (χ1n) is 5.77. The topological polar surface area (TPSA) is 17.8 Å². The average molecular weight is 267 g/mol. The minimum Gasteiger partial charge on any atom is -0.327 e. The summed E-state index contributed by atoms with van der Waals surface area (Å²) in [5.74, 6) is 0.898. The van der Waals surface area contributed by atoms with E-state index in [2.05, 4.69) is 9.55 Å². The number of imidazole rings is 1. The number of hydrogen-bond acceptors (Lipinski definition) is 1. The van der Waals surface area contributed by atoms with Crippen LogP contribution in [0.1, 0.15) is 18.5 Å². The molecule has 2 heterocycles. The highest BCUT2D eigenvalue weighted by atomic mass is 35.5. The minimum atomic E-state index is 0.625. The highest BCUT2D eigenvalue weighted by molar-refractivity contribution is 6.33. The number of rotatable bonds is 1. The second kappa shape index (κ2) is 4.35. The van der Waals surface area contributed by atoms with Crippen molar-refractivity contribution >= 4 is 23.2 Å². The molecule has 0 N–H and O–H groups in total. The Bertz CT molecular complexity index is 561. The lowest BCUT2D eigenvalue weighted by Gasteiger charge is -2.17. The zero-order valence-corrected chi connectivity index (χ0v) is 10.8. The average Bonchev–Trinajstić information content (AvgIpc) is 2.68. The maximum Gasteiger partial charge on any atom is 0.150 e. The summed E-state index contributed by atoms with van der Waals surface area (Å²) in [7, 11) is 0. The van der Waals surface area contributed by atoms with Crippen LogP contribution in [-0.4, -0.2) is 9.55 Å². The van der Waals surface area contributed by atoms with Gasteiger partial charge in [0, 0.05) is 12.1 Å². The molecule has 1 aliphatic rings. The molecule has 1 aliphatic heterocycles. The Hall–Kier alpha value is -0.990. The summed E-state index contributed by atoms with van der Waals surface area (Å²) in [6.45, 7) is 0.982. The molecular formula is C13H12Cl2N2. The molecule has 17 heavy (non-hydrogen) atoms. The van der Waals surface area contributed by atoms with E-state index < -0.39 is 0 Å². The lowest BCUT2D eigenvalue weighted by Crippen LogP contribution is -2.11. The Kier molecular flexibility index (Phi) is 2.85. The molecule has 0 aliphatic carbocycles. The van der Waals surface area contributed by atoms with Crippen molar-refractivity contribution in [2.75, 3.05) is 0 Å². The van der Waals surface area contributed by atoms with E-state index in [1.807, 2.05) is 24.3 Å². The van der Waals surface area contributed by atoms with Crippen LogP contribution in [0.25, 0.3) is 11.4 Å². The third-order valence-corrected chi connectivity index (χ3v) is 3.82. The fraction of sp³-hybridized carbons (Fsp3) is 0.308. The fourth-order valence-corrected chi connectivity index (χ4v) is 2.84. The molecule has 1 aromatic carbocycles. The van der Waals surface area contributed by atoms with Crippen molar-refractivity contribution in [3.05, 3.63) is 40.1 Å². The molecule has 0 saturated carbocycles. The summed E-state index contributed by atoms with van der Waals surface area (Å²) >= 11 is 12.4. The summed E-state index contributed by atoms with van der Waals surface area (Å²) in [5, 5.41) is 1.35. The van der Waals surface area contributed by atoms with Crippen molar-refractivity contribution in [1.29, 1.82) is 0 Å². The number of nitrogens with zero attached hydrogens (tertiary/aromatic N) is 2. The highest BCUT2D eigenvalue weighted by Crippen LogP contribution is 2.33. The summed E-state index contributed by atoms with van der Waals surface area (Å²) in [6, 6.07) is 7.77. The molecule has 0 amide bonds. The monoisotopic (exact) mass is 266 g/mol. The van der Waals surface area contributed by atoms with E-state index in [1.54, 1.807) is 0 Å². The maximum atomic E-state index is 6.21. The zero-order valence-electron chi connectivity index (χ0n) is 9.29. The SMILES string of the molecule is Clc1ccccc1-c1nc(Cl)c2n1CCCC2. The van der Waals surface area contributed by atoms with E-state index in [0.29, 0.717) is 5.15 Å². The number of hydrogen-bond donors (Lipinski definition) is 0. The third kappa shape index (κ3) is 1.85. The van der Waals surface area contributed by atoms with Gasteiger partial charge in [0.15, 0.2) is 5.15 Å². The molecule has 0 saturated heterocycles. The summed E-state index contributed by atoms with van der Waals surface area (Å²) in [4.78, 5) is 4.47. The lowest BCUT2D eigenvalue weighted by atomic mass is 10.1. The molecule has 0 spiro atoms. The Morgan fingerprint density at radius 3 is 2.76 bits per heavy atom. The van der Waals surface area contributed by atoms with E-state index >= 15 is 0 Å². The van der Waals surface area contributed by atoms with Gasteiger partial charge >= 0.3 is 0 Å². The predicted octanol–water partition coefficient (Wildman–Crippen LogP) is 4.19. The standard InChI is InChI=1S/C13H12Cl2N2/c14-10-6-2-1-5-9(10)13-16-12(15)11-7-3-4-8-17(11)13/h1-2,5-6H,3-4,7-8H2. The number of benzene rings is 1. The van der Waals surface area contributed by atoms with Gasteiger partial charge in [0.25, 0.3) is 0 Å². The third-order valence-electron chi connectivity index (χ3n) is 3.18. The van der Waals surface area contributed by atoms with Crippen LogP contribution in [0.5, 0.6) is 0 Å². The van der Waals surface area contributed by atoms with E-state index in [-0.39, 0.29) is 0 Å². The normalized spacial score (nSPS) is 14.7. The maximum absolute atomic E-state index is 6.21. The van der Waals surface area contributed by atoms with E-state index in [9.17, 15) is 0 Å². The highest BCUT2D eigenvalue weighted by Gasteiger charge is 2.20. The molecule has 2 aromatic rings. The van der Waals surface area contributed by atoms with Crippen LogP contribution in [0.3, 0.4) is 0 Å². The van der Waals surface area contributed by atoms with Crippen LogP contribution in [0, 0.1) is 0 Å². The first-order chi connectivity index (χ1) is 8.27. The molecular weight excluding hydrogens is 255 g/mol. The van der Waals surface area contributed by atoms with Gasteiger partial charge in [-0.15, -0.1) is 0 Å². The Morgan fingerprint density at radius 1 is 1.12 bits per heavy atom. The first kappa shape index (κ1) is 11.1. The van der Waals surface area contributed by atoms with Gasteiger partial charge in [-0.3, -0.25) is 0 Å². The van der Waals surface area contributed by atoms with Crippen molar-refractivity contribution in [2.24, 2.45) is 0 Å². The van der Waals surface area contributed by atoms with Crippen LogP contribution in [0.2, 0.25) is 10.2 Å². The van der Waals surface area contributed by atoms with Gasteiger partial charge in [-0.05, 0) is 31.4 Å². The molecule has 0 radical (unpaired) electrons. The molecule has 88 valence electrons. The van der Waals surface area contributed by atoms with Crippen molar-refractivity contribution in [3.63, 3.8) is 0 Å². The summed E-state index contributed by atoms with van der Waals surface area (Å²) in [5.41, 5.74) is 2.11. The van der Waals surface area contributed by atoms with Crippen LogP contribution in [0.15, 0.2) is 24.3 Å². The Labute approximate surface area is 110 Å². The lowest BCUT2D eigenvalue weighted by molar-refractivity contribution is 0.536. The second-order valence-electron chi connectivity index (χ2n) is 4.26. The van der Waals surface area contributed by atoms with Gasteiger partial charge in [-0.1, -0.05) is 35.3 Å². The zero-order chi connectivity index (χ0) is 11.8. The largest absolute Gasteiger partial charge is 0.327 e. The molecule has 4 heteroatoms. The Balaban J connectivity index is 2.19. The summed E-state index contributed by atoms with van der Waals surface area (Å²) < 4.78 is 2.20. The number of aromatic nitrogens is 2. The molecule has 2 nitrogen and oxygen atoms in total. The van der Waals surface area contributed by atoms with Crippen LogP contribution in [-0.2, 0) is 13.0 Å². The van der Waals surface area contributed by atoms with Crippen LogP contribution >= 0.6 is 23.2 Å². The van der Waals surface area contributed by atoms with Gasteiger partial charge in [-0.2, -0.15) is 0 Å². The van der Waals surface area contributed by atoms with Gasteiger partial charge < -0.3 is 4.57 Å². The van der Waals surface area contributed by atoms with Gasteiger partial charge in [0.2, 0.25) is 0 Å². The quantitative estimate of drug-likeness (QED) is 0.757. The number of halogens is 2. The van der Waals surface area contributed by atoms with Gasteiger partial charge in [0.05, 0.1) is 10.7 Å². The van der Waals surface area contributed by atoms with Crippen LogP contribution < -0.4 is 0 Å². The van der Waals surface area contributed by atoms with Crippen LogP contribution in [0.4, 0.5) is 0 Å². The summed E-state index contributed by atoms with van der Waals surface area (Å²) in [6.07, 6.45) is 3.38. The molecule has 3 rings (SSSR count).